The highest BCUT2D eigenvalue weighted by atomic mass is 15.2. The second-order valence-corrected chi connectivity index (χ2v) is 3.88. The molecule has 0 amide bonds. The fourth-order valence-corrected chi connectivity index (χ4v) is 1.89. The van der Waals surface area contributed by atoms with Crippen molar-refractivity contribution < 1.29 is 0 Å². The molecule has 0 atom stereocenters. The Hall–Kier alpha value is -2.10. The molecule has 1 aromatic carbocycles. The molecule has 4 nitrogen and oxygen atoms in total. The standard InChI is InChI=1S/C12H12N4/c1-15-7-10(6-14-15)8-16-9-13-11-4-2-3-5-12(11)16/h2-7,9H,8H2,1H3. The molecule has 0 saturated heterocycles. The van der Waals surface area contributed by atoms with Crippen LogP contribution in [-0.2, 0) is 13.6 Å². The van der Waals surface area contributed by atoms with E-state index in [-0.39, 0.29) is 0 Å². The van der Waals surface area contributed by atoms with Crippen LogP contribution >= 0.6 is 0 Å². The average molecular weight is 212 g/mol. The molecule has 4 heteroatoms. The van der Waals surface area contributed by atoms with Crippen LogP contribution in [0.3, 0.4) is 0 Å². The first-order chi connectivity index (χ1) is 7.83. The van der Waals surface area contributed by atoms with E-state index < -0.39 is 0 Å². The Morgan fingerprint density at radius 1 is 1.25 bits per heavy atom. The van der Waals surface area contributed by atoms with Gasteiger partial charge in [0.25, 0.3) is 0 Å². The van der Waals surface area contributed by atoms with Crippen molar-refractivity contribution in [2.75, 3.05) is 0 Å². The summed E-state index contributed by atoms with van der Waals surface area (Å²) in [5.74, 6) is 0. The molecular formula is C12H12N4. The summed E-state index contributed by atoms with van der Waals surface area (Å²) >= 11 is 0. The van der Waals surface area contributed by atoms with Gasteiger partial charge in [-0.3, -0.25) is 4.68 Å². The number of benzene rings is 1. The first kappa shape index (κ1) is 9.15. The average Bonchev–Trinajstić information content (AvgIpc) is 2.87. The van der Waals surface area contributed by atoms with Crippen LogP contribution in [0.25, 0.3) is 11.0 Å². The van der Waals surface area contributed by atoms with E-state index in [9.17, 15) is 0 Å². The summed E-state index contributed by atoms with van der Waals surface area (Å²) in [5.41, 5.74) is 3.38. The Bertz CT molecular complexity index is 621. The molecule has 0 spiro atoms. The topological polar surface area (TPSA) is 35.6 Å². The van der Waals surface area contributed by atoms with Gasteiger partial charge in [0.05, 0.1) is 30.1 Å². The van der Waals surface area contributed by atoms with Gasteiger partial charge in [-0.1, -0.05) is 12.1 Å². The van der Waals surface area contributed by atoms with Crippen molar-refractivity contribution in [1.29, 1.82) is 0 Å². The van der Waals surface area contributed by atoms with Crippen LogP contribution in [0, 0.1) is 0 Å². The number of hydrogen-bond donors (Lipinski definition) is 0. The maximum absolute atomic E-state index is 4.36. The largest absolute Gasteiger partial charge is 0.326 e. The lowest BCUT2D eigenvalue weighted by atomic mass is 10.3. The minimum absolute atomic E-state index is 0.814. The van der Waals surface area contributed by atoms with Crippen LogP contribution in [0.4, 0.5) is 0 Å². The molecule has 0 N–H and O–H groups in total. The van der Waals surface area contributed by atoms with Crippen molar-refractivity contribution >= 4 is 11.0 Å². The van der Waals surface area contributed by atoms with E-state index in [0.29, 0.717) is 0 Å². The molecule has 0 unspecified atom stereocenters. The summed E-state index contributed by atoms with van der Waals surface area (Å²) in [5, 5.41) is 4.16. The number of imidazole rings is 1. The minimum atomic E-state index is 0.814. The molecule has 2 aromatic heterocycles. The smallest absolute Gasteiger partial charge is 0.0961 e. The lowest BCUT2D eigenvalue weighted by Crippen LogP contribution is -1.96. The summed E-state index contributed by atoms with van der Waals surface area (Å²) in [6.45, 7) is 0.814. The molecule has 16 heavy (non-hydrogen) atoms. The maximum atomic E-state index is 4.36. The second kappa shape index (κ2) is 3.48. The third-order valence-corrected chi connectivity index (χ3v) is 2.64. The van der Waals surface area contributed by atoms with E-state index in [4.69, 9.17) is 0 Å². The molecule has 2 heterocycles. The van der Waals surface area contributed by atoms with Crippen LogP contribution in [0.5, 0.6) is 0 Å². The van der Waals surface area contributed by atoms with Crippen LogP contribution in [-0.4, -0.2) is 19.3 Å². The predicted octanol–water partition coefficient (Wildman–Crippen LogP) is 1.82. The number of nitrogens with zero attached hydrogens (tertiary/aromatic N) is 4. The number of fused-ring (bicyclic) bond motifs is 1. The van der Waals surface area contributed by atoms with Gasteiger partial charge < -0.3 is 4.57 Å². The van der Waals surface area contributed by atoms with Crippen LogP contribution in [0.15, 0.2) is 43.0 Å². The third kappa shape index (κ3) is 1.48. The molecule has 0 saturated carbocycles. The van der Waals surface area contributed by atoms with Gasteiger partial charge in [0.15, 0.2) is 0 Å². The van der Waals surface area contributed by atoms with E-state index in [0.717, 1.165) is 17.6 Å². The number of para-hydroxylation sites is 2. The fraction of sp³-hybridized carbons (Fsp3) is 0.167. The Labute approximate surface area is 93.1 Å². The molecule has 0 aliphatic carbocycles. The molecule has 3 aromatic rings. The molecule has 0 aliphatic rings. The van der Waals surface area contributed by atoms with Crippen LogP contribution in [0.1, 0.15) is 5.56 Å². The van der Waals surface area contributed by atoms with E-state index in [2.05, 4.69) is 20.7 Å². The summed E-state index contributed by atoms with van der Waals surface area (Å²) in [6.07, 6.45) is 5.78. The molecule has 0 aliphatic heterocycles. The van der Waals surface area contributed by atoms with Gasteiger partial charge in [-0.15, -0.1) is 0 Å². The minimum Gasteiger partial charge on any atom is -0.326 e. The monoisotopic (exact) mass is 212 g/mol. The quantitative estimate of drug-likeness (QED) is 0.649. The SMILES string of the molecule is Cn1cc(Cn2cnc3ccccc32)cn1. The summed E-state index contributed by atoms with van der Waals surface area (Å²) in [7, 11) is 1.93. The second-order valence-electron chi connectivity index (χ2n) is 3.88. The number of aromatic nitrogens is 4. The van der Waals surface area contributed by atoms with E-state index in [1.807, 2.05) is 48.6 Å². The zero-order valence-corrected chi connectivity index (χ0v) is 9.04. The van der Waals surface area contributed by atoms with Crippen molar-refractivity contribution in [3.8, 4) is 0 Å². The van der Waals surface area contributed by atoms with Gasteiger partial charge in [-0.2, -0.15) is 5.10 Å². The third-order valence-electron chi connectivity index (χ3n) is 2.64. The highest BCUT2D eigenvalue weighted by molar-refractivity contribution is 5.75. The highest BCUT2D eigenvalue weighted by Gasteiger charge is 2.03. The van der Waals surface area contributed by atoms with Crippen LogP contribution < -0.4 is 0 Å². The number of aryl methyl sites for hydroxylation is 1. The Morgan fingerprint density at radius 2 is 2.12 bits per heavy atom. The molecule has 0 radical (unpaired) electrons. The lowest BCUT2D eigenvalue weighted by Gasteiger charge is -2.00. The van der Waals surface area contributed by atoms with Gasteiger partial charge in [-0.25, -0.2) is 4.98 Å². The van der Waals surface area contributed by atoms with Gasteiger partial charge in [-0.05, 0) is 12.1 Å². The summed E-state index contributed by atoms with van der Waals surface area (Å²) in [6, 6.07) is 8.14. The first-order valence-corrected chi connectivity index (χ1v) is 5.20. The first-order valence-electron chi connectivity index (χ1n) is 5.20. The molecule has 0 bridgehead atoms. The molecular weight excluding hydrogens is 200 g/mol. The molecule has 0 fully saturated rings. The molecule has 3 rings (SSSR count). The van der Waals surface area contributed by atoms with Crippen molar-refractivity contribution in [2.45, 2.75) is 6.54 Å². The Morgan fingerprint density at radius 3 is 2.94 bits per heavy atom. The van der Waals surface area contributed by atoms with Crippen LogP contribution in [0.2, 0.25) is 0 Å². The Kier molecular flexibility index (Phi) is 1.99. The van der Waals surface area contributed by atoms with Crippen molar-refractivity contribution in [3.63, 3.8) is 0 Å². The lowest BCUT2D eigenvalue weighted by molar-refractivity contribution is 0.764. The van der Waals surface area contributed by atoms with Gasteiger partial charge in [0.1, 0.15) is 0 Å². The zero-order chi connectivity index (χ0) is 11.0. The van der Waals surface area contributed by atoms with Gasteiger partial charge in [0.2, 0.25) is 0 Å². The zero-order valence-electron chi connectivity index (χ0n) is 9.04. The highest BCUT2D eigenvalue weighted by Crippen LogP contribution is 2.13. The van der Waals surface area contributed by atoms with E-state index >= 15 is 0 Å². The number of rotatable bonds is 2. The predicted molar refractivity (Wildman–Crippen MR) is 62.0 cm³/mol. The van der Waals surface area contributed by atoms with E-state index in [1.165, 1.54) is 5.56 Å². The molecule has 80 valence electrons. The van der Waals surface area contributed by atoms with Crippen molar-refractivity contribution in [2.24, 2.45) is 7.05 Å². The Balaban J connectivity index is 2.00. The fourth-order valence-electron chi connectivity index (χ4n) is 1.89. The van der Waals surface area contributed by atoms with E-state index in [1.54, 1.807) is 0 Å². The van der Waals surface area contributed by atoms with Gasteiger partial charge >= 0.3 is 0 Å². The normalized spacial score (nSPS) is 11.1. The summed E-state index contributed by atoms with van der Waals surface area (Å²) in [4.78, 5) is 4.36. The maximum Gasteiger partial charge on any atom is 0.0961 e. The summed E-state index contributed by atoms with van der Waals surface area (Å²) < 4.78 is 3.95. The van der Waals surface area contributed by atoms with Crippen molar-refractivity contribution in [1.82, 2.24) is 19.3 Å². The van der Waals surface area contributed by atoms with Crippen molar-refractivity contribution in [3.05, 3.63) is 48.5 Å². The van der Waals surface area contributed by atoms with Gasteiger partial charge in [0, 0.05) is 18.8 Å². The number of hydrogen-bond acceptors (Lipinski definition) is 2.